The number of rotatable bonds is 7. The molecule has 0 spiro atoms. The Labute approximate surface area is 141 Å². The standard InChI is InChI=1S/C18H24N2O4/c1-18(2,3)16(22)12-4-5-14-13(10-12)11-15(20-14)17(23)19-6-8-24-9-7-21/h4-5,10-11,20-21H,6-9H2,1-3H3,(H,19,23). The zero-order valence-electron chi connectivity index (χ0n) is 14.3. The Morgan fingerprint density at radius 2 is 1.96 bits per heavy atom. The third-order valence-electron chi connectivity index (χ3n) is 3.58. The van der Waals surface area contributed by atoms with Gasteiger partial charge >= 0.3 is 0 Å². The number of amides is 1. The summed E-state index contributed by atoms with van der Waals surface area (Å²) < 4.78 is 5.09. The second kappa shape index (κ2) is 7.59. The summed E-state index contributed by atoms with van der Waals surface area (Å²) >= 11 is 0. The van der Waals surface area contributed by atoms with Crippen molar-refractivity contribution in [2.45, 2.75) is 20.8 Å². The van der Waals surface area contributed by atoms with Crippen LogP contribution < -0.4 is 5.32 Å². The van der Waals surface area contributed by atoms with Crippen molar-refractivity contribution >= 4 is 22.6 Å². The molecular formula is C18H24N2O4. The van der Waals surface area contributed by atoms with Gasteiger partial charge in [-0.2, -0.15) is 0 Å². The number of H-pyrrole nitrogens is 1. The highest BCUT2D eigenvalue weighted by Gasteiger charge is 2.23. The van der Waals surface area contributed by atoms with Gasteiger partial charge in [-0.05, 0) is 24.3 Å². The van der Waals surface area contributed by atoms with Crippen LogP contribution in [0.1, 0.15) is 41.6 Å². The Morgan fingerprint density at radius 3 is 2.62 bits per heavy atom. The minimum Gasteiger partial charge on any atom is -0.394 e. The number of aliphatic hydroxyl groups is 1. The van der Waals surface area contributed by atoms with Gasteiger partial charge in [0.05, 0.1) is 19.8 Å². The van der Waals surface area contributed by atoms with E-state index >= 15 is 0 Å². The number of carbonyl (C=O) groups excluding carboxylic acids is 2. The molecule has 130 valence electrons. The van der Waals surface area contributed by atoms with E-state index in [0.29, 0.717) is 24.4 Å². The Kier molecular flexibility index (Phi) is 5.75. The Balaban J connectivity index is 2.08. The molecule has 0 fully saturated rings. The number of benzene rings is 1. The first kappa shape index (κ1) is 18.2. The maximum absolute atomic E-state index is 12.4. The molecule has 0 radical (unpaired) electrons. The number of ether oxygens (including phenoxy) is 1. The molecule has 24 heavy (non-hydrogen) atoms. The highest BCUT2D eigenvalue weighted by molar-refractivity contribution is 6.04. The summed E-state index contributed by atoms with van der Waals surface area (Å²) in [6, 6.07) is 7.13. The second-order valence-electron chi connectivity index (χ2n) is 6.66. The van der Waals surface area contributed by atoms with Gasteiger partial charge in [0.2, 0.25) is 0 Å². The molecule has 0 unspecified atom stereocenters. The van der Waals surface area contributed by atoms with Gasteiger partial charge in [0.15, 0.2) is 5.78 Å². The van der Waals surface area contributed by atoms with E-state index in [9.17, 15) is 9.59 Å². The van der Waals surface area contributed by atoms with E-state index in [4.69, 9.17) is 9.84 Å². The molecule has 0 aliphatic rings. The van der Waals surface area contributed by atoms with E-state index in [1.165, 1.54) is 0 Å². The number of aliphatic hydroxyl groups excluding tert-OH is 1. The van der Waals surface area contributed by atoms with Crippen LogP contribution in [0.2, 0.25) is 0 Å². The average Bonchev–Trinajstić information content (AvgIpc) is 2.96. The monoisotopic (exact) mass is 332 g/mol. The lowest BCUT2D eigenvalue weighted by Crippen LogP contribution is -2.27. The van der Waals surface area contributed by atoms with E-state index in [0.717, 1.165) is 10.9 Å². The molecule has 1 heterocycles. The van der Waals surface area contributed by atoms with Crippen molar-refractivity contribution in [3.63, 3.8) is 0 Å². The van der Waals surface area contributed by atoms with E-state index in [1.54, 1.807) is 18.2 Å². The number of fused-ring (bicyclic) bond motifs is 1. The molecule has 0 saturated heterocycles. The van der Waals surface area contributed by atoms with E-state index < -0.39 is 5.41 Å². The molecule has 0 aliphatic carbocycles. The molecule has 0 atom stereocenters. The number of Topliss-reactive ketones (excluding diaryl/α,β-unsaturated/α-hetero) is 1. The lowest BCUT2D eigenvalue weighted by atomic mass is 9.86. The van der Waals surface area contributed by atoms with Gasteiger partial charge in [0, 0.05) is 28.4 Å². The molecule has 2 aromatic rings. The minimum absolute atomic E-state index is 0.0361. The van der Waals surface area contributed by atoms with Crippen LogP contribution in [0.15, 0.2) is 24.3 Å². The number of ketones is 1. The summed E-state index contributed by atoms with van der Waals surface area (Å²) in [6.45, 7) is 6.58. The van der Waals surface area contributed by atoms with Gasteiger partial charge in [0.1, 0.15) is 5.69 Å². The number of aromatic nitrogens is 1. The summed E-state index contributed by atoms with van der Waals surface area (Å²) in [5.74, 6) is -0.167. The molecule has 6 heteroatoms. The predicted octanol–water partition coefficient (Wildman–Crippen LogP) is 2.14. The van der Waals surface area contributed by atoms with Gasteiger partial charge in [-0.3, -0.25) is 9.59 Å². The highest BCUT2D eigenvalue weighted by Crippen LogP contribution is 2.24. The zero-order chi connectivity index (χ0) is 17.7. The number of aromatic amines is 1. The maximum atomic E-state index is 12.4. The molecule has 0 aliphatic heterocycles. The first-order valence-corrected chi connectivity index (χ1v) is 7.97. The lowest BCUT2D eigenvalue weighted by molar-refractivity contribution is 0.0834. The quantitative estimate of drug-likeness (QED) is 0.535. The van der Waals surface area contributed by atoms with Crippen molar-refractivity contribution in [1.29, 1.82) is 0 Å². The fourth-order valence-corrected chi connectivity index (χ4v) is 2.33. The maximum Gasteiger partial charge on any atom is 0.267 e. The summed E-state index contributed by atoms with van der Waals surface area (Å²) in [5, 5.41) is 12.2. The molecule has 1 aromatic carbocycles. The normalized spacial score (nSPS) is 11.7. The SMILES string of the molecule is CC(C)(C)C(=O)c1ccc2[nH]c(C(=O)NCCOCCO)cc2c1. The van der Waals surface area contributed by atoms with Crippen molar-refractivity contribution in [2.24, 2.45) is 5.41 Å². The van der Waals surface area contributed by atoms with Gasteiger partial charge in [-0.15, -0.1) is 0 Å². The summed E-state index contributed by atoms with van der Waals surface area (Å²) in [6.07, 6.45) is 0. The van der Waals surface area contributed by atoms with Crippen LogP contribution in [0.3, 0.4) is 0 Å². The molecular weight excluding hydrogens is 308 g/mol. The number of carbonyl (C=O) groups is 2. The Morgan fingerprint density at radius 1 is 1.21 bits per heavy atom. The Hall–Kier alpha value is -2.18. The van der Waals surface area contributed by atoms with Crippen LogP contribution in [0.4, 0.5) is 0 Å². The summed E-state index contributed by atoms with van der Waals surface area (Å²) in [7, 11) is 0. The van der Waals surface area contributed by atoms with Crippen molar-refractivity contribution in [1.82, 2.24) is 10.3 Å². The lowest BCUT2D eigenvalue weighted by Gasteiger charge is -2.16. The second-order valence-corrected chi connectivity index (χ2v) is 6.66. The van der Waals surface area contributed by atoms with Crippen LogP contribution in [0, 0.1) is 5.41 Å². The Bertz CT molecular complexity index is 728. The third kappa shape index (κ3) is 4.43. The fourth-order valence-electron chi connectivity index (χ4n) is 2.33. The third-order valence-corrected chi connectivity index (χ3v) is 3.58. The van der Waals surface area contributed by atoms with E-state index in [1.807, 2.05) is 26.8 Å². The van der Waals surface area contributed by atoms with Crippen molar-refractivity contribution < 1.29 is 19.4 Å². The molecule has 1 aromatic heterocycles. The average molecular weight is 332 g/mol. The smallest absolute Gasteiger partial charge is 0.267 e. The molecule has 6 nitrogen and oxygen atoms in total. The van der Waals surface area contributed by atoms with Crippen molar-refractivity contribution in [3.8, 4) is 0 Å². The van der Waals surface area contributed by atoms with Gasteiger partial charge < -0.3 is 20.1 Å². The van der Waals surface area contributed by atoms with Crippen LogP contribution >= 0.6 is 0 Å². The number of nitrogens with one attached hydrogen (secondary N) is 2. The van der Waals surface area contributed by atoms with Crippen molar-refractivity contribution in [3.05, 3.63) is 35.5 Å². The topological polar surface area (TPSA) is 91.4 Å². The summed E-state index contributed by atoms with van der Waals surface area (Å²) in [4.78, 5) is 27.5. The molecule has 2 rings (SSSR count). The summed E-state index contributed by atoms with van der Waals surface area (Å²) in [5.41, 5.74) is 1.44. The molecule has 0 saturated carbocycles. The predicted molar refractivity (Wildman–Crippen MR) is 92.3 cm³/mol. The van der Waals surface area contributed by atoms with Gasteiger partial charge in [-0.1, -0.05) is 20.8 Å². The number of hydrogen-bond acceptors (Lipinski definition) is 4. The molecule has 3 N–H and O–H groups in total. The van der Waals surface area contributed by atoms with Crippen LogP contribution in [0.25, 0.3) is 10.9 Å². The van der Waals surface area contributed by atoms with Crippen LogP contribution in [0.5, 0.6) is 0 Å². The first-order chi connectivity index (χ1) is 11.3. The largest absolute Gasteiger partial charge is 0.394 e. The van der Waals surface area contributed by atoms with Gasteiger partial charge in [-0.25, -0.2) is 0 Å². The molecule has 1 amide bonds. The van der Waals surface area contributed by atoms with Crippen LogP contribution in [-0.2, 0) is 4.74 Å². The first-order valence-electron chi connectivity index (χ1n) is 7.97. The fraction of sp³-hybridized carbons (Fsp3) is 0.444. The zero-order valence-corrected chi connectivity index (χ0v) is 14.3. The highest BCUT2D eigenvalue weighted by atomic mass is 16.5. The van der Waals surface area contributed by atoms with Crippen molar-refractivity contribution in [2.75, 3.05) is 26.4 Å². The molecule has 0 bridgehead atoms. The number of hydrogen-bond donors (Lipinski definition) is 3. The van der Waals surface area contributed by atoms with E-state index in [2.05, 4.69) is 10.3 Å². The van der Waals surface area contributed by atoms with Gasteiger partial charge in [0.25, 0.3) is 5.91 Å². The van der Waals surface area contributed by atoms with E-state index in [-0.39, 0.29) is 24.9 Å². The minimum atomic E-state index is -0.446. The van der Waals surface area contributed by atoms with Crippen LogP contribution in [-0.4, -0.2) is 48.1 Å².